The van der Waals surface area contributed by atoms with Crippen molar-refractivity contribution in [3.8, 4) is 0 Å². The van der Waals surface area contributed by atoms with Crippen molar-refractivity contribution in [3.05, 3.63) is 29.8 Å². The number of amides is 4. The van der Waals surface area contributed by atoms with Gasteiger partial charge in [-0.1, -0.05) is 6.07 Å². The molecule has 1 aliphatic rings. The van der Waals surface area contributed by atoms with Gasteiger partial charge in [0.2, 0.25) is 5.91 Å². The summed E-state index contributed by atoms with van der Waals surface area (Å²) in [5.74, 6) is -0.264. The number of hydrogen-bond donors (Lipinski definition) is 1. The Morgan fingerprint density at radius 1 is 1.04 bits per heavy atom. The molecule has 1 aliphatic heterocycles. The molecule has 4 amide bonds. The lowest BCUT2D eigenvalue weighted by atomic mass is 10.1. The topological polar surface area (TPSA) is 73.0 Å². The van der Waals surface area contributed by atoms with Gasteiger partial charge in [-0.3, -0.25) is 9.59 Å². The molecule has 1 heterocycles. The van der Waals surface area contributed by atoms with E-state index in [1.54, 1.807) is 48.2 Å². The number of benzene rings is 1. The standard InChI is InChI=1S/C16H22N4O3/c1-12(21)17-14-6-4-5-13(11-14)15(22)19-7-9-20(10-8-19)16(23)18(2)3/h4-6,11H,7-10H2,1-3H3,(H,17,21). The van der Waals surface area contributed by atoms with Crippen LogP contribution in [0.2, 0.25) is 0 Å². The number of piperazine rings is 1. The fourth-order valence-corrected chi connectivity index (χ4v) is 2.50. The van der Waals surface area contributed by atoms with Crippen LogP contribution in [0.15, 0.2) is 24.3 Å². The molecule has 0 bridgehead atoms. The average molecular weight is 318 g/mol. The molecule has 1 aromatic rings. The highest BCUT2D eigenvalue weighted by molar-refractivity contribution is 5.97. The molecule has 0 radical (unpaired) electrons. The van der Waals surface area contributed by atoms with Gasteiger partial charge in [0.15, 0.2) is 0 Å². The zero-order chi connectivity index (χ0) is 17.0. The van der Waals surface area contributed by atoms with Crippen LogP contribution in [-0.2, 0) is 4.79 Å². The maximum Gasteiger partial charge on any atom is 0.319 e. The zero-order valence-electron chi connectivity index (χ0n) is 13.7. The van der Waals surface area contributed by atoms with Crippen LogP contribution in [0, 0.1) is 0 Å². The van der Waals surface area contributed by atoms with E-state index in [-0.39, 0.29) is 17.8 Å². The van der Waals surface area contributed by atoms with E-state index in [1.165, 1.54) is 11.8 Å². The fourth-order valence-electron chi connectivity index (χ4n) is 2.50. The van der Waals surface area contributed by atoms with Gasteiger partial charge in [-0.15, -0.1) is 0 Å². The molecule has 7 heteroatoms. The van der Waals surface area contributed by atoms with Gasteiger partial charge in [0.05, 0.1) is 0 Å². The number of nitrogens with one attached hydrogen (secondary N) is 1. The van der Waals surface area contributed by atoms with Crippen LogP contribution in [0.1, 0.15) is 17.3 Å². The van der Waals surface area contributed by atoms with E-state index < -0.39 is 0 Å². The third-order valence-electron chi connectivity index (χ3n) is 3.65. The maximum atomic E-state index is 12.5. The average Bonchev–Trinajstić information content (AvgIpc) is 2.53. The lowest BCUT2D eigenvalue weighted by Gasteiger charge is -2.36. The van der Waals surface area contributed by atoms with Crippen LogP contribution in [0.5, 0.6) is 0 Å². The number of rotatable bonds is 2. The van der Waals surface area contributed by atoms with Gasteiger partial charge in [0.1, 0.15) is 0 Å². The molecule has 1 aromatic carbocycles. The zero-order valence-corrected chi connectivity index (χ0v) is 13.7. The molecule has 23 heavy (non-hydrogen) atoms. The van der Waals surface area contributed by atoms with Crippen molar-refractivity contribution in [1.82, 2.24) is 14.7 Å². The van der Waals surface area contributed by atoms with Crippen LogP contribution in [-0.4, -0.2) is 72.8 Å². The normalized spacial score (nSPS) is 14.4. The highest BCUT2D eigenvalue weighted by atomic mass is 16.2. The molecule has 7 nitrogen and oxygen atoms in total. The Morgan fingerprint density at radius 2 is 1.65 bits per heavy atom. The third-order valence-corrected chi connectivity index (χ3v) is 3.65. The highest BCUT2D eigenvalue weighted by Crippen LogP contribution is 2.14. The first-order valence-electron chi connectivity index (χ1n) is 7.51. The molecule has 0 aromatic heterocycles. The largest absolute Gasteiger partial charge is 0.335 e. The summed E-state index contributed by atoms with van der Waals surface area (Å²) in [5.41, 5.74) is 1.13. The molecular formula is C16H22N4O3. The molecule has 1 saturated heterocycles. The Balaban J connectivity index is 2.00. The van der Waals surface area contributed by atoms with Crippen molar-refractivity contribution in [2.45, 2.75) is 6.92 Å². The van der Waals surface area contributed by atoms with Crippen molar-refractivity contribution < 1.29 is 14.4 Å². The summed E-state index contributed by atoms with van der Waals surface area (Å²) in [6, 6.07) is 6.84. The number of hydrogen-bond acceptors (Lipinski definition) is 3. The summed E-state index contributed by atoms with van der Waals surface area (Å²) >= 11 is 0. The SMILES string of the molecule is CC(=O)Nc1cccc(C(=O)N2CCN(C(=O)N(C)C)CC2)c1. The Bertz CT molecular complexity index is 607. The minimum atomic E-state index is -0.176. The van der Waals surface area contributed by atoms with Gasteiger partial charge >= 0.3 is 6.03 Å². The van der Waals surface area contributed by atoms with E-state index >= 15 is 0 Å². The number of urea groups is 1. The Hall–Kier alpha value is -2.57. The summed E-state index contributed by atoms with van der Waals surface area (Å²) in [6.45, 7) is 3.48. The van der Waals surface area contributed by atoms with Crippen molar-refractivity contribution >= 4 is 23.5 Å². The smallest absolute Gasteiger partial charge is 0.319 e. The number of carbonyl (C=O) groups is 3. The quantitative estimate of drug-likeness (QED) is 0.887. The first-order chi connectivity index (χ1) is 10.9. The van der Waals surface area contributed by atoms with Crippen LogP contribution in [0.25, 0.3) is 0 Å². The van der Waals surface area contributed by atoms with E-state index in [0.29, 0.717) is 37.4 Å². The molecular weight excluding hydrogens is 296 g/mol. The molecule has 1 N–H and O–H groups in total. The van der Waals surface area contributed by atoms with E-state index in [9.17, 15) is 14.4 Å². The number of nitrogens with zero attached hydrogens (tertiary/aromatic N) is 3. The van der Waals surface area contributed by atoms with E-state index in [2.05, 4.69) is 5.32 Å². The molecule has 1 fully saturated rings. The number of anilines is 1. The third kappa shape index (κ3) is 4.21. The summed E-state index contributed by atoms with van der Waals surface area (Å²) in [7, 11) is 3.43. The van der Waals surface area contributed by atoms with E-state index in [4.69, 9.17) is 0 Å². The van der Waals surface area contributed by atoms with Crippen LogP contribution < -0.4 is 5.32 Å². The van der Waals surface area contributed by atoms with Gasteiger partial charge in [-0.05, 0) is 18.2 Å². The van der Waals surface area contributed by atoms with E-state index in [0.717, 1.165) is 0 Å². The predicted octanol–water partition coefficient (Wildman–Crippen LogP) is 1.08. The van der Waals surface area contributed by atoms with Gasteiger partial charge in [-0.25, -0.2) is 4.79 Å². The lowest BCUT2D eigenvalue weighted by molar-refractivity contribution is -0.114. The summed E-state index contributed by atoms with van der Waals surface area (Å²) < 4.78 is 0. The first kappa shape index (κ1) is 16.8. The van der Waals surface area contributed by atoms with Gasteiger partial charge in [0, 0.05) is 58.4 Å². The second kappa shape index (κ2) is 7.13. The van der Waals surface area contributed by atoms with Crippen LogP contribution in [0.4, 0.5) is 10.5 Å². The van der Waals surface area contributed by atoms with Crippen LogP contribution in [0.3, 0.4) is 0 Å². The van der Waals surface area contributed by atoms with Crippen molar-refractivity contribution in [1.29, 1.82) is 0 Å². The Labute approximate surface area is 135 Å². The maximum absolute atomic E-state index is 12.5. The molecule has 124 valence electrons. The summed E-state index contributed by atoms with van der Waals surface area (Å²) in [4.78, 5) is 40.5. The summed E-state index contributed by atoms with van der Waals surface area (Å²) in [6.07, 6.45) is 0. The van der Waals surface area contributed by atoms with Crippen molar-refractivity contribution in [2.24, 2.45) is 0 Å². The van der Waals surface area contributed by atoms with Gasteiger partial charge < -0.3 is 20.0 Å². The second-order valence-corrected chi connectivity index (χ2v) is 5.72. The Kier molecular flexibility index (Phi) is 5.20. The molecule has 0 spiro atoms. The van der Waals surface area contributed by atoms with Crippen molar-refractivity contribution in [2.75, 3.05) is 45.6 Å². The number of carbonyl (C=O) groups excluding carboxylic acids is 3. The lowest BCUT2D eigenvalue weighted by Crippen LogP contribution is -2.52. The second-order valence-electron chi connectivity index (χ2n) is 5.72. The first-order valence-corrected chi connectivity index (χ1v) is 7.51. The van der Waals surface area contributed by atoms with Gasteiger partial charge in [0.25, 0.3) is 5.91 Å². The minimum Gasteiger partial charge on any atom is -0.335 e. The summed E-state index contributed by atoms with van der Waals surface area (Å²) in [5, 5.41) is 2.67. The molecule has 2 rings (SSSR count). The monoisotopic (exact) mass is 318 g/mol. The Morgan fingerprint density at radius 3 is 2.22 bits per heavy atom. The van der Waals surface area contributed by atoms with Crippen molar-refractivity contribution in [3.63, 3.8) is 0 Å². The molecule has 0 unspecified atom stereocenters. The van der Waals surface area contributed by atoms with Gasteiger partial charge in [-0.2, -0.15) is 0 Å². The molecule has 0 atom stereocenters. The highest BCUT2D eigenvalue weighted by Gasteiger charge is 2.25. The molecule has 0 aliphatic carbocycles. The predicted molar refractivity (Wildman–Crippen MR) is 87.3 cm³/mol. The minimum absolute atomic E-state index is 0.0373. The van der Waals surface area contributed by atoms with E-state index in [1.807, 2.05) is 0 Å². The van der Waals surface area contributed by atoms with Crippen LogP contribution >= 0.6 is 0 Å². The molecule has 0 saturated carbocycles. The fraction of sp³-hybridized carbons (Fsp3) is 0.438.